The number of carbonyl (C=O) groups is 1. The first kappa shape index (κ1) is 14.8. The number of fused-ring (bicyclic) bond motifs is 2. The number of benzene rings is 1. The Hall–Kier alpha value is -1.55. The van der Waals surface area contributed by atoms with Gasteiger partial charge in [0, 0.05) is 24.4 Å². The fraction of sp³-hybridized carbons (Fsp3) is 0.650. The molecule has 0 spiro atoms. The smallest absolute Gasteiger partial charge is 0.226 e. The van der Waals surface area contributed by atoms with Gasteiger partial charge in [-0.1, -0.05) is 18.6 Å². The molecule has 4 heteroatoms. The van der Waals surface area contributed by atoms with E-state index in [0.29, 0.717) is 35.6 Å². The number of aromatic hydroxyl groups is 1. The van der Waals surface area contributed by atoms with Crippen molar-refractivity contribution < 1.29 is 9.90 Å². The summed E-state index contributed by atoms with van der Waals surface area (Å²) in [4.78, 5) is 17.9. The highest BCUT2D eigenvalue weighted by Gasteiger charge is 2.55. The molecule has 1 aliphatic carbocycles. The molecule has 2 bridgehead atoms. The van der Waals surface area contributed by atoms with Crippen molar-refractivity contribution in [3.05, 3.63) is 29.8 Å². The summed E-state index contributed by atoms with van der Waals surface area (Å²) in [7, 11) is 0. The molecule has 0 aromatic heterocycles. The maximum absolute atomic E-state index is 13.1. The van der Waals surface area contributed by atoms with Crippen LogP contribution in [-0.2, 0) is 4.79 Å². The number of carbonyl (C=O) groups excluding carboxylic acids is 1. The van der Waals surface area contributed by atoms with E-state index in [-0.39, 0.29) is 5.92 Å². The zero-order valence-electron chi connectivity index (χ0n) is 14.1. The number of amides is 1. The summed E-state index contributed by atoms with van der Waals surface area (Å²) in [6.07, 6.45) is 5.85. The summed E-state index contributed by atoms with van der Waals surface area (Å²) >= 11 is 0. The van der Waals surface area contributed by atoms with Gasteiger partial charge in [-0.2, -0.15) is 0 Å². The third kappa shape index (κ3) is 2.12. The van der Waals surface area contributed by atoms with Crippen LogP contribution < -0.4 is 0 Å². The Morgan fingerprint density at radius 2 is 1.88 bits per heavy atom. The lowest BCUT2D eigenvalue weighted by molar-refractivity contribution is -0.143. The predicted octanol–water partition coefficient (Wildman–Crippen LogP) is 2.58. The quantitative estimate of drug-likeness (QED) is 0.908. The van der Waals surface area contributed by atoms with Crippen molar-refractivity contribution in [3.8, 4) is 5.75 Å². The maximum atomic E-state index is 13.1. The molecule has 4 nitrogen and oxygen atoms in total. The van der Waals surface area contributed by atoms with E-state index in [1.807, 2.05) is 12.1 Å². The first-order chi connectivity index (χ1) is 11.7. The molecule has 4 aliphatic heterocycles. The largest absolute Gasteiger partial charge is 0.508 e. The summed E-state index contributed by atoms with van der Waals surface area (Å²) in [5.74, 6) is 2.04. The van der Waals surface area contributed by atoms with Crippen LogP contribution in [0.2, 0.25) is 0 Å². The molecule has 4 heterocycles. The first-order valence-corrected chi connectivity index (χ1v) is 9.56. The highest BCUT2D eigenvalue weighted by molar-refractivity contribution is 5.80. The fourth-order valence-corrected chi connectivity index (χ4v) is 5.61. The Kier molecular flexibility index (Phi) is 3.37. The number of rotatable bonds is 2. The summed E-state index contributed by atoms with van der Waals surface area (Å²) in [5.41, 5.74) is 1.20. The van der Waals surface area contributed by atoms with Gasteiger partial charge in [0.05, 0.1) is 6.04 Å². The number of nitrogens with zero attached hydrogens (tertiary/aromatic N) is 2. The molecule has 0 unspecified atom stereocenters. The molecule has 1 aromatic carbocycles. The molecule has 1 saturated carbocycles. The molecule has 5 aliphatic rings. The molecule has 4 saturated heterocycles. The van der Waals surface area contributed by atoms with E-state index in [0.717, 1.165) is 19.4 Å². The van der Waals surface area contributed by atoms with E-state index in [1.54, 1.807) is 6.07 Å². The molecule has 1 amide bonds. The van der Waals surface area contributed by atoms with Crippen LogP contribution in [0, 0.1) is 11.8 Å². The summed E-state index contributed by atoms with van der Waals surface area (Å²) < 4.78 is 0. The third-order valence-electron chi connectivity index (χ3n) is 7.03. The van der Waals surface area contributed by atoms with Gasteiger partial charge in [-0.15, -0.1) is 0 Å². The number of hydrogen-bond acceptors (Lipinski definition) is 3. The van der Waals surface area contributed by atoms with Crippen molar-refractivity contribution >= 4 is 5.91 Å². The lowest BCUT2D eigenvalue weighted by Crippen LogP contribution is -2.61. The van der Waals surface area contributed by atoms with E-state index < -0.39 is 0 Å². The van der Waals surface area contributed by atoms with Gasteiger partial charge >= 0.3 is 0 Å². The van der Waals surface area contributed by atoms with Gasteiger partial charge in [-0.25, -0.2) is 0 Å². The number of likely N-dealkylation sites (tertiary alicyclic amines) is 1. The number of hydrogen-bond donors (Lipinski definition) is 1. The molecular formula is C20H26N2O2. The number of phenols is 1. The molecule has 128 valence electrons. The molecular weight excluding hydrogens is 300 g/mol. The van der Waals surface area contributed by atoms with Crippen molar-refractivity contribution in [2.24, 2.45) is 11.8 Å². The van der Waals surface area contributed by atoms with Gasteiger partial charge in [0.15, 0.2) is 0 Å². The van der Waals surface area contributed by atoms with E-state index >= 15 is 0 Å². The van der Waals surface area contributed by atoms with E-state index in [1.165, 1.54) is 37.9 Å². The van der Waals surface area contributed by atoms with Crippen LogP contribution in [0.1, 0.15) is 43.6 Å². The topological polar surface area (TPSA) is 43.8 Å². The SMILES string of the molecule is O=C(C1CCC1)N1C[C@@H](c2cccc(O)c2)[C@@H]2[C@H]1C1CCN2CC1. The zero-order valence-corrected chi connectivity index (χ0v) is 14.1. The fourth-order valence-electron chi connectivity index (χ4n) is 5.61. The standard InChI is InChI=1S/C20H26N2O2/c23-16-6-2-5-15(11-16)17-12-22(20(24)14-3-1-4-14)18-13-7-9-21(10-8-13)19(17)18/h2,5-6,11,13-14,17-19,23H,1,3-4,7-10,12H2/t17-,18+,19+/m0/s1. The minimum Gasteiger partial charge on any atom is -0.508 e. The molecule has 3 atom stereocenters. The Morgan fingerprint density at radius 3 is 2.54 bits per heavy atom. The molecule has 5 fully saturated rings. The second-order valence-corrected chi connectivity index (χ2v) is 8.17. The van der Waals surface area contributed by atoms with Crippen LogP contribution in [0.5, 0.6) is 5.75 Å². The second kappa shape index (κ2) is 5.48. The van der Waals surface area contributed by atoms with Crippen molar-refractivity contribution in [1.82, 2.24) is 9.80 Å². The van der Waals surface area contributed by atoms with Gasteiger partial charge in [-0.3, -0.25) is 9.69 Å². The zero-order chi connectivity index (χ0) is 16.3. The van der Waals surface area contributed by atoms with E-state index in [4.69, 9.17) is 0 Å². The first-order valence-electron chi connectivity index (χ1n) is 9.56. The average Bonchev–Trinajstić information content (AvgIpc) is 2.97. The Bertz CT molecular complexity index is 649. The van der Waals surface area contributed by atoms with E-state index in [9.17, 15) is 9.90 Å². The molecule has 0 radical (unpaired) electrons. The highest BCUT2D eigenvalue weighted by Crippen LogP contribution is 2.48. The van der Waals surface area contributed by atoms with Crippen LogP contribution in [0.4, 0.5) is 0 Å². The average molecular weight is 326 g/mol. The maximum Gasteiger partial charge on any atom is 0.226 e. The van der Waals surface area contributed by atoms with Gasteiger partial charge in [-0.05, 0) is 62.4 Å². The van der Waals surface area contributed by atoms with Gasteiger partial charge in [0.2, 0.25) is 5.91 Å². The van der Waals surface area contributed by atoms with Crippen LogP contribution in [0.25, 0.3) is 0 Å². The van der Waals surface area contributed by atoms with Crippen LogP contribution in [0.3, 0.4) is 0 Å². The lowest BCUT2D eigenvalue weighted by atomic mass is 9.75. The highest BCUT2D eigenvalue weighted by atomic mass is 16.3. The predicted molar refractivity (Wildman–Crippen MR) is 91.8 cm³/mol. The number of phenolic OH excluding ortho intramolecular Hbond substituents is 1. The minimum absolute atomic E-state index is 0.282. The molecule has 24 heavy (non-hydrogen) atoms. The van der Waals surface area contributed by atoms with E-state index in [2.05, 4.69) is 15.9 Å². The summed E-state index contributed by atoms with van der Waals surface area (Å²) in [6.45, 7) is 3.18. The third-order valence-corrected chi connectivity index (χ3v) is 7.03. The Morgan fingerprint density at radius 1 is 1.08 bits per heavy atom. The number of piperidine rings is 3. The second-order valence-electron chi connectivity index (χ2n) is 8.17. The molecule has 1 aromatic rings. The van der Waals surface area contributed by atoms with Crippen molar-refractivity contribution in [1.29, 1.82) is 0 Å². The molecule has 1 N–H and O–H groups in total. The lowest BCUT2D eigenvalue weighted by Gasteiger charge is -2.51. The minimum atomic E-state index is 0.282. The van der Waals surface area contributed by atoms with Gasteiger partial charge in [0.25, 0.3) is 0 Å². The van der Waals surface area contributed by atoms with Gasteiger partial charge in [0.1, 0.15) is 5.75 Å². The Balaban J connectivity index is 1.50. The van der Waals surface area contributed by atoms with Crippen LogP contribution in [-0.4, -0.2) is 52.5 Å². The summed E-state index contributed by atoms with van der Waals surface area (Å²) in [5, 5.41) is 9.92. The van der Waals surface area contributed by atoms with Crippen LogP contribution in [0.15, 0.2) is 24.3 Å². The molecule has 6 rings (SSSR count). The summed E-state index contributed by atoms with van der Waals surface area (Å²) in [6, 6.07) is 8.55. The van der Waals surface area contributed by atoms with Gasteiger partial charge < -0.3 is 10.0 Å². The van der Waals surface area contributed by atoms with Crippen molar-refractivity contribution in [2.75, 3.05) is 19.6 Å². The Labute approximate surface area is 143 Å². The normalized spacial score (nSPS) is 38.0. The monoisotopic (exact) mass is 326 g/mol. The van der Waals surface area contributed by atoms with Crippen molar-refractivity contribution in [3.63, 3.8) is 0 Å². The van der Waals surface area contributed by atoms with Crippen molar-refractivity contribution in [2.45, 2.75) is 50.1 Å². The van der Waals surface area contributed by atoms with Crippen LogP contribution >= 0.6 is 0 Å².